The lowest BCUT2D eigenvalue weighted by atomic mass is 10.2. The van der Waals surface area contributed by atoms with Crippen LogP contribution in [0.3, 0.4) is 0 Å². The molecule has 2 aliphatic rings. The third kappa shape index (κ3) is 2.66. The molecule has 2 rings (SSSR count). The molecule has 0 aromatic rings. The van der Waals surface area contributed by atoms with Gasteiger partial charge in [-0.2, -0.15) is 0 Å². The Morgan fingerprint density at radius 3 is 2.92 bits per heavy atom. The quantitative estimate of drug-likeness (QED) is 0.602. The summed E-state index contributed by atoms with van der Waals surface area (Å²) in [6.45, 7) is 6.25. The van der Waals surface area contributed by atoms with Crippen LogP contribution >= 0.6 is 0 Å². The van der Waals surface area contributed by atoms with Crippen molar-refractivity contribution in [2.45, 2.75) is 38.5 Å². The first kappa shape index (κ1) is 9.44. The predicted molar refractivity (Wildman–Crippen MR) is 50.6 cm³/mol. The monoisotopic (exact) mass is 185 g/mol. The largest absolute Gasteiger partial charge is 0.372 e. The summed E-state index contributed by atoms with van der Waals surface area (Å²) in [5, 5.41) is 0. The van der Waals surface area contributed by atoms with Crippen molar-refractivity contribution in [1.82, 2.24) is 4.90 Å². The molecular formula is C10H19NO2. The molecule has 0 amide bonds. The second-order valence-electron chi connectivity index (χ2n) is 3.92. The zero-order valence-corrected chi connectivity index (χ0v) is 8.37. The van der Waals surface area contributed by atoms with Crippen molar-refractivity contribution in [2.24, 2.45) is 0 Å². The van der Waals surface area contributed by atoms with Crippen molar-refractivity contribution in [1.29, 1.82) is 0 Å². The molecule has 0 aromatic carbocycles. The Bertz CT molecular complexity index is 159. The van der Waals surface area contributed by atoms with E-state index in [0.717, 1.165) is 26.3 Å². The maximum atomic E-state index is 5.67. The highest BCUT2D eigenvalue weighted by Gasteiger charge is 2.31. The van der Waals surface area contributed by atoms with E-state index in [-0.39, 0.29) is 0 Å². The van der Waals surface area contributed by atoms with Crippen LogP contribution in [-0.4, -0.2) is 43.5 Å². The van der Waals surface area contributed by atoms with E-state index in [4.69, 9.17) is 9.47 Å². The van der Waals surface area contributed by atoms with Gasteiger partial charge in [-0.25, -0.2) is 0 Å². The van der Waals surface area contributed by atoms with Crippen LogP contribution < -0.4 is 0 Å². The van der Waals surface area contributed by atoms with Gasteiger partial charge in [0.15, 0.2) is 0 Å². The van der Waals surface area contributed by atoms with E-state index >= 15 is 0 Å². The number of hydrogen-bond donors (Lipinski definition) is 0. The SMILES string of the molecule is CCCCC1OCCN1CC1CO1. The van der Waals surface area contributed by atoms with Gasteiger partial charge in [-0.3, -0.25) is 4.90 Å². The van der Waals surface area contributed by atoms with Gasteiger partial charge in [-0.1, -0.05) is 13.3 Å². The Morgan fingerprint density at radius 1 is 1.38 bits per heavy atom. The summed E-state index contributed by atoms with van der Waals surface area (Å²) in [6.07, 6.45) is 4.60. The highest BCUT2D eigenvalue weighted by molar-refractivity contribution is 4.78. The molecule has 0 saturated carbocycles. The van der Waals surface area contributed by atoms with Crippen LogP contribution in [0.2, 0.25) is 0 Å². The van der Waals surface area contributed by atoms with Crippen LogP contribution in [0.15, 0.2) is 0 Å². The van der Waals surface area contributed by atoms with Crippen LogP contribution in [0, 0.1) is 0 Å². The summed E-state index contributed by atoms with van der Waals surface area (Å²) in [4.78, 5) is 2.42. The van der Waals surface area contributed by atoms with E-state index in [0.29, 0.717) is 12.3 Å². The van der Waals surface area contributed by atoms with Crippen LogP contribution in [0.5, 0.6) is 0 Å². The first-order chi connectivity index (χ1) is 6.40. The Balaban J connectivity index is 1.72. The van der Waals surface area contributed by atoms with E-state index in [1.807, 2.05) is 0 Å². The summed E-state index contributed by atoms with van der Waals surface area (Å²) in [6, 6.07) is 0. The number of epoxide rings is 1. The average molecular weight is 185 g/mol. The van der Waals surface area contributed by atoms with Crippen molar-refractivity contribution in [3.63, 3.8) is 0 Å². The van der Waals surface area contributed by atoms with Gasteiger partial charge in [-0.15, -0.1) is 0 Å². The molecule has 2 heterocycles. The molecule has 2 saturated heterocycles. The van der Waals surface area contributed by atoms with Crippen LogP contribution in [0.1, 0.15) is 26.2 Å². The topological polar surface area (TPSA) is 25.0 Å². The molecule has 2 unspecified atom stereocenters. The second kappa shape index (κ2) is 4.40. The van der Waals surface area contributed by atoms with Gasteiger partial charge in [0.2, 0.25) is 0 Å². The lowest BCUT2D eigenvalue weighted by molar-refractivity contribution is 0.0228. The summed E-state index contributed by atoms with van der Waals surface area (Å²) >= 11 is 0. The Kier molecular flexibility index (Phi) is 3.19. The summed E-state index contributed by atoms with van der Waals surface area (Å²) in [7, 11) is 0. The van der Waals surface area contributed by atoms with Crippen molar-refractivity contribution in [2.75, 3.05) is 26.3 Å². The molecule has 0 N–H and O–H groups in total. The highest BCUT2D eigenvalue weighted by atomic mass is 16.6. The van der Waals surface area contributed by atoms with Crippen molar-refractivity contribution < 1.29 is 9.47 Å². The molecule has 76 valence electrons. The predicted octanol–water partition coefficient (Wildman–Crippen LogP) is 1.23. The molecular weight excluding hydrogens is 166 g/mol. The highest BCUT2D eigenvalue weighted by Crippen LogP contribution is 2.20. The van der Waals surface area contributed by atoms with Gasteiger partial charge in [0.1, 0.15) is 6.23 Å². The average Bonchev–Trinajstić information content (AvgIpc) is 2.82. The molecule has 2 aliphatic heterocycles. The third-order valence-electron chi connectivity index (χ3n) is 2.74. The number of nitrogens with zero attached hydrogens (tertiary/aromatic N) is 1. The third-order valence-corrected chi connectivity index (χ3v) is 2.74. The molecule has 0 spiro atoms. The minimum atomic E-state index is 0.379. The van der Waals surface area contributed by atoms with Crippen molar-refractivity contribution in [3.8, 4) is 0 Å². The van der Waals surface area contributed by atoms with Gasteiger partial charge in [0, 0.05) is 13.1 Å². The Morgan fingerprint density at radius 2 is 2.23 bits per heavy atom. The fourth-order valence-electron chi connectivity index (χ4n) is 1.84. The molecule has 13 heavy (non-hydrogen) atoms. The molecule has 3 heteroatoms. The maximum Gasteiger partial charge on any atom is 0.110 e. The van der Waals surface area contributed by atoms with E-state index in [1.54, 1.807) is 0 Å². The van der Waals surface area contributed by atoms with Crippen LogP contribution in [-0.2, 0) is 9.47 Å². The van der Waals surface area contributed by atoms with Gasteiger partial charge in [0.25, 0.3) is 0 Å². The normalized spacial score (nSPS) is 33.9. The maximum absolute atomic E-state index is 5.67. The van der Waals surface area contributed by atoms with E-state index in [1.165, 1.54) is 19.3 Å². The fraction of sp³-hybridized carbons (Fsp3) is 1.00. The molecule has 0 aliphatic carbocycles. The van der Waals surface area contributed by atoms with Gasteiger partial charge >= 0.3 is 0 Å². The molecule has 0 radical (unpaired) electrons. The van der Waals surface area contributed by atoms with Gasteiger partial charge in [0.05, 0.1) is 19.3 Å². The summed E-state index contributed by atoms with van der Waals surface area (Å²) in [5.41, 5.74) is 0. The van der Waals surface area contributed by atoms with Gasteiger partial charge in [-0.05, 0) is 12.8 Å². The van der Waals surface area contributed by atoms with Crippen LogP contribution in [0.4, 0.5) is 0 Å². The van der Waals surface area contributed by atoms with E-state index in [9.17, 15) is 0 Å². The Hall–Kier alpha value is -0.120. The number of hydrogen-bond acceptors (Lipinski definition) is 3. The van der Waals surface area contributed by atoms with Crippen molar-refractivity contribution >= 4 is 0 Å². The number of ether oxygens (including phenoxy) is 2. The first-order valence-corrected chi connectivity index (χ1v) is 5.37. The first-order valence-electron chi connectivity index (χ1n) is 5.37. The molecule has 2 atom stereocenters. The molecule has 0 aromatic heterocycles. The van der Waals surface area contributed by atoms with Crippen molar-refractivity contribution in [3.05, 3.63) is 0 Å². The molecule has 0 bridgehead atoms. The van der Waals surface area contributed by atoms with E-state index in [2.05, 4.69) is 11.8 Å². The minimum absolute atomic E-state index is 0.379. The summed E-state index contributed by atoms with van der Waals surface area (Å²) in [5.74, 6) is 0. The fourth-order valence-corrected chi connectivity index (χ4v) is 1.84. The summed E-state index contributed by atoms with van der Waals surface area (Å²) < 4.78 is 10.9. The van der Waals surface area contributed by atoms with Crippen LogP contribution in [0.25, 0.3) is 0 Å². The lowest BCUT2D eigenvalue weighted by Gasteiger charge is -2.21. The number of rotatable bonds is 5. The second-order valence-corrected chi connectivity index (χ2v) is 3.92. The van der Waals surface area contributed by atoms with E-state index < -0.39 is 0 Å². The Labute approximate surface area is 80.0 Å². The smallest absolute Gasteiger partial charge is 0.110 e. The minimum Gasteiger partial charge on any atom is -0.372 e. The molecule has 3 nitrogen and oxygen atoms in total. The van der Waals surface area contributed by atoms with Gasteiger partial charge < -0.3 is 9.47 Å². The standard InChI is InChI=1S/C10H19NO2/c1-2-3-4-10-11(5-6-12-10)7-9-8-13-9/h9-10H,2-8H2,1H3. The molecule has 2 fully saturated rings. The lowest BCUT2D eigenvalue weighted by Crippen LogP contribution is -2.33. The zero-order chi connectivity index (χ0) is 9.10. The zero-order valence-electron chi connectivity index (χ0n) is 8.37. The number of unbranched alkanes of at least 4 members (excludes halogenated alkanes) is 1.